The normalized spacial score (nSPS) is 14.5. The first-order valence-corrected chi connectivity index (χ1v) is 8.04. The van der Waals surface area contributed by atoms with E-state index in [1.165, 1.54) is 16.6 Å². The number of anilines is 2. The summed E-state index contributed by atoms with van der Waals surface area (Å²) < 4.78 is 56.8. The second kappa shape index (κ2) is 6.90. The molecule has 0 saturated carbocycles. The highest BCUT2D eigenvalue weighted by atomic mass is 32.2. The predicted molar refractivity (Wildman–Crippen MR) is 87.7 cm³/mol. The second-order valence-corrected chi connectivity index (χ2v) is 6.18. The van der Waals surface area contributed by atoms with Crippen LogP contribution in [0.3, 0.4) is 0 Å². The second-order valence-electron chi connectivity index (χ2n) is 5.35. The van der Waals surface area contributed by atoms with Crippen molar-refractivity contribution in [1.82, 2.24) is 9.71 Å². The topological polar surface area (TPSA) is 77.5 Å². The zero-order chi connectivity index (χ0) is 18.9. The minimum absolute atomic E-state index is 0.129. The van der Waals surface area contributed by atoms with Crippen molar-refractivity contribution in [1.29, 1.82) is 0 Å². The molecule has 0 spiro atoms. The number of carbonyl (C=O) groups excluding carboxylic acids is 1. The molecule has 3 rings (SSSR count). The summed E-state index contributed by atoms with van der Waals surface area (Å²) in [6.07, 6.45) is -3.38. The number of alkyl halides is 3. The summed E-state index contributed by atoms with van der Waals surface area (Å²) in [5, 5.41) is 12.5. The van der Waals surface area contributed by atoms with Crippen molar-refractivity contribution < 1.29 is 27.5 Å². The van der Waals surface area contributed by atoms with E-state index >= 15 is 0 Å². The molecular formula is C15H12F4N4O2S. The maximum Gasteiger partial charge on any atom is 0.419 e. The summed E-state index contributed by atoms with van der Waals surface area (Å²) in [6, 6.07) is 4.33. The number of amides is 1. The van der Waals surface area contributed by atoms with Crippen LogP contribution in [0, 0.1) is 5.82 Å². The highest BCUT2D eigenvalue weighted by Crippen LogP contribution is 2.37. The standard InChI is InChI=1S/C15H12F4N4O2S/c16-10-4-8(5-11(24)13(10)23-7-12(25)22-26-23)6-21-14-9(15(17,18)19)2-1-3-20-14/h1-5,24H,6-7H2,(H,20,21)(H,22,25). The fourth-order valence-corrected chi connectivity index (χ4v) is 3.10. The van der Waals surface area contributed by atoms with Gasteiger partial charge in [0.2, 0.25) is 0 Å². The molecule has 1 amide bonds. The molecule has 1 aliphatic rings. The molecular weight excluding hydrogens is 376 g/mol. The Morgan fingerprint density at radius 2 is 2.15 bits per heavy atom. The SMILES string of the molecule is O=C1CN(c2c(O)cc(CNc3ncccc3C(F)(F)F)cc2F)SN1. The summed E-state index contributed by atoms with van der Waals surface area (Å²) in [6.45, 7) is -0.315. The lowest BCUT2D eigenvalue weighted by Crippen LogP contribution is -2.17. The molecule has 1 fully saturated rings. The van der Waals surface area contributed by atoms with E-state index in [9.17, 15) is 27.5 Å². The number of pyridine rings is 1. The van der Waals surface area contributed by atoms with Gasteiger partial charge in [0, 0.05) is 12.7 Å². The van der Waals surface area contributed by atoms with Crippen LogP contribution >= 0.6 is 12.1 Å². The Morgan fingerprint density at radius 3 is 2.77 bits per heavy atom. The highest BCUT2D eigenvalue weighted by molar-refractivity contribution is 7.99. The number of hydrogen-bond acceptors (Lipinski definition) is 6. The van der Waals surface area contributed by atoms with Crippen LogP contribution in [-0.4, -0.2) is 22.5 Å². The fraction of sp³-hybridized carbons (Fsp3) is 0.200. The Morgan fingerprint density at radius 1 is 1.38 bits per heavy atom. The van der Waals surface area contributed by atoms with Gasteiger partial charge >= 0.3 is 6.18 Å². The molecule has 1 aromatic carbocycles. The number of phenols is 1. The van der Waals surface area contributed by atoms with Crippen molar-refractivity contribution in [3.8, 4) is 5.75 Å². The average Bonchev–Trinajstić information content (AvgIpc) is 2.98. The van der Waals surface area contributed by atoms with Crippen LogP contribution in [0.4, 0.5) is 29.1 Å². The molecule has 3 N–H and O–H groups in total. The molecule has 1 aliphatic heterocycles. The maximum atomic E-state index is 14.3. The molecule has 2 aromatic rings. The maximum absolute atomic E-state index is 14.3. The number of hydrogen-bond donors (Lipinski definition) is 3. The highest BCUT2D eigenvalue weighted by Gasteiger charge is 2.34. The summed E-state index contributed by atoms with van der Waals surface area (Å²) in [5.41, 5.74) is -0.906. The van der Waals surface area contributed by atoms with E-state index in [2.05, 4.69) is 15.0 Å². The number of rotatable bonds is 4. The number of aromatic nitrogens is 1. The van der Waals surface area contributed by atoms with Gasteiger partial charge in [-0.25, -0.2) is 9.37 Å². The third kappa shape index (κ3) is 3.77. The number of phenolic OH excluding ortho intramolecular Hbond substituents is 1. The Hall–Kier alpha value is -2.69. The number of carbonyl (C=O) groups is 1. The zero-order valence-corrected chi connectivity index (χ0v) is 13.8. The molecule has 11 heteroatoms. The van der Waals surface area contributed by atoms with Gasteiger partial charge in [0.25, 0.3) is 5.91 Å². The van der Waals surface area contributed by atoms with E-state index in [1.54, 1.807) is 0 Å². The lowest BCUT2D eigenvalue weighted by molar-refractivity contribution is -0.137. The van der Waals surface area contributed by atoms with Gasteiger partial charge in [0.1, 0.15) is 23.8 Å². The number of nitrogens with one attached hydrogen (secondary N) is 2. The molecule has 0 aliphatic carbocycles. The average molecular weight is 388 g/mol. The van der Waals surface area contributed by atoms with E-state index in [4.69, 9.17) is 0 Å². The van der Waals surface area contributed by atoms with Crippen LogP contribution < -0.4 is 14.3 Å². The van der Waals surface area contributed by atoms with Crippen LogP contribution in [0.25, 0.3) is 0 Å². The molecule has 1 aromatic heterocycles. The molecule has 26 heavy (non-hydrogen) atoms. The van der Waals surface area contributed by atoms with Gasteiger partial charge in [0.15, 0.2) is 5.82 Å². The predicted octanol–water partition coefficient (Wildman–Crippen LogP) is 3.06. The van der Waals surface area contributed by atoms with E-state index in [1.807, 2.05) is 0 Å². The largest absolute Gasteiger partial charge is 0.506 e. The molecule has 1 saturated heterocycles. The van der Waals surface area contributed by atoms with E-state index < -0.39 is 29.1 Å². The van der Waals surface area contributed by atoms with Gasteiger partial charge in [-0.1, -0.05) is 0 Å². The van der Waals surface area contributed by atoms with Crippen molar-refractivity contribution in [3.63, 3.8) is 0 Å². The molecule has 2 heterocycles. The molecule has 138 valence electrons. The summed E-state index contributed by atoms with van der Waals surface area (Å²) in [5.74, 6) is -1.96. The first kappa shape index (κ1) is 18.1. The van der Waals surface area contributed by atoms with Gasteiger partial charge in [-0.15, -0.1) is 0 Å². The van der Waals surface area contributed by atoms with Crippen molar-refractivity contribution in [3.05, 3.63) is 47.4 Å². The first-order valence-electron chi connectivity index (χ1n) is 7.26. The first-order chi connectivity index (χ1) is 12.3. The lowest BCUT2D eigenvalue weighted by Gasteiger charge is -2.17. The summed E-state index contributed by atoms with van der Waals surface area (Å²) in [7, 11) is 0. The van der Waals surface area contributed by atoms with Crippen molar-refractivity contribution >= 4 is 29.5 Å². The van der Waals surface area contributed by atoms with Gasteiger partial charge in [-0.2, -0.15) is 13.2 Å². The monoisotopic (exact) mass is 388 g/mol. The zero-order valence-electron chi connectivity index (χ0n) is 13.0. The Labute approximate surface area is 149 Å². The Balaban J connectivity index is 1.79. The molecule has 0 radical (unpaired) electrons. The van der Waals surface area contributed by atoms with Crippen molar-refractivity contribution in [2.24, 2.45) is 0 Å². The third-order valence-corrected chi connectivity index (χ3v) is 4.33. The smallest absolute Gasteiger partial charge is 0.419 e. The van der Waals surface area contributed by atoms with Crippen LogP contribution in [-0.2, 0) is 17.5 Å². The van der Waals surface area contributed by atoms with Crippen LogP contribution in [0.2, 0.25) is 0 Å². The Bertz CT molecular complexity index is 824. The molecule has 0 atom stereocenters. The van der Waals surface area contributed by atoms with Crippen LogP contribution in [0.5, 0.6) is 5.75 Å². The molecule has 0 unspecified atom stereocenters. The minimum atomic E-state index is -4.58. The lowest BCUT2D eigenvalue weighted by atomic mass is 10.1. The molecule has 6 nitrogen and oxygen atoms in total. The fourth-order valence-electron chi connectivity index (χ4n) is 2.37. The quantitative estimate of drug-likeness (QED) is 0.552. The number of halogens is 4. The summed E-state index contributed by atoms with van der Waals surface area (Å²) >= 11 is 0.836. The van der Waals surface area contributed by atoms with E-state index in [0.717, 1.165) is 30.3 Å². The minimum Gasteiger partial charge on any atom is -0.506 e. The van der Waals surface area contributed by atoms with Crippen LogP contribution in [0.1, 0.15) is 11.1 Å². The number of nitrogens with zero attached hydrogens (tertiary/aromatic N) is 2. The van der Waals surface area contributed by atoms with Gasteiger partial charge in [-0.05, 0) is 29.8 Å². The van der Waals surface area contributed by atoms with Gasteiger partial charge in [-0.3, -0.25) is 13.8 Å². The van der Waals surface area contributed by atoms with Gasteiger partial charge in [0.05, 0.1) is 17.7 Å². The van der Waals surface area contributed by atoms with Crippen molar-refractivity contribution in [2.75, 3.05) is 16.2 Å². The van der Waals surface area contributed by atoms with E-state index in [0.29, 0.717) is 0 Å². The molecule has 0 bridgehead atoms. The third-order valence-electron chi connectivity index (χ3n) is 3.48. The van der Waals surface area contributed by atoms with Crippen LogP contribution in [0.15, 0.2) is 30.5 Å². The van der Waals surface area contributed by atoms with Crippen molar-refractivity contribution in [2.45, 2.75) is 12.7 Å². The number of benzene rings is 1. The van der Waals surface area contributed by atoms with Gasteiger partial charge < -0.3 is 10.4 Å². The number of aromatic hydroxyl groups is 1. The summed E-state index contributed by atoms with van der Waals surface area (Å²) in [4.78, 5) is 14.9. The van der Waals surface area contributed by atoms with E-state index in [-0.39, 0.29) is 30.2 Å². The Kier molecular flexibility index (Phi) is 4.81.